The van der Waals surface area contributed by atoms with Crippen molar-refractivity contribution in [2.24, 2.45) is 10.9 Å². The third-order valence-corrected chi connectivity index (χ3v) is 8.59. The molecule has 0 aliphatic carbocycles. The van der Waals surface area contributed by atoms with Gasteiger partial charge < -0.3 is 29.7 Å². The van der Waals surface area contributed by atoms with E-state index in [0.717, 1.165) is 67.6 Å². The highest BCUT2D eigenvalue weighted by atomic mass is 19.1. The van der Waals surface area contributed by atoms with Crippen molar-refractivity contribution in [1.29, 1.82) is 0 Å². The molecule has 2 N–H and O–H groups in total. The SMILES string of the molecule is C=CC(=O)Nc1cc(NC(=N/C(=C(/F)C=C)c2cn3c4c(cccc24)CCC3)C(C)CC)c(OC)cc1N(C)CCN(C)CC. The number of allylic oxidation sites excluding steroid dienone is 2. The third kappa shape index (κ3) is 7.48. The van der Waals surface area contributed by atoms with Gasteiger partial charge in [-0.05, 0) is 56.6 Å². The van der Waals surface area contributed by atoms with Gasteiger partial charge in [-0.15, -0.1) is 0 Å². The Morgan fingerprint density at radius 1 is 1.16 bits per heavy atom. The quantitative estimate of drug-likeness (QED) is 0.0852. The topological polar surface area (TPSA) is 74.1 Å². The molecule has 1 atom stereocenters. The summed E-state index contributed by atoms with van der Waals surface area (Å²) in [6.07, 6.45) is 7.26. The summed E-state index contributed by atoms with van der Waals surface area (Å²) in [4.78, 5) is 21.8. The number of aromatic nitrogens is 1. The number of nitrogens with one attached hydrogen (secondary N) is 2. The summed E-state index contributed by atoms with van der Waals surface area (Å²) < 4.78 is 23.8. The van der Waals surface area contributed by atoms with Crippen LogP contribution in [-0.4, -0.2) is 62.0 Å². The summed E-state index contributed by atoms with van der Waals surface area (Å²) in [5.74, 6) is 0.256. The van der Waals surface area contributed by atoms with Crippen LogP contribution in [0.2, 0.25) is 0 Å². The molecule has 3 aromatic rings. The Labute approximate surface area is 266 Å². The number of amidine groups is 1. The van der Waals surface area contributed by atoms with Crippen molar-refractivity contribution in [1.82, 2.24) is 9.47 Å². The molecular weight excluding hydrogens is 567 g/mol. The first-order valence-electron chi connectivity index (χ1n) is 15.7. The first-order valence-corrected chi connectivity index (χ1v) is 15.7. The highest BCUT2D eigenvalue weighted by molar-refractivity contribution is 6.06. The summed E-state index contributed by atoms with van der Waals surface area (Å²) in [6.45, 7) is 17.0. The van der Waals surface area contributed by atoms with E-state index in [1.54, 1.807) is 7.11 Å². The normalized spacial score (nSPS) is 14.2. The number of carbonyl (C=O) groups excluding carboxylic acids is 1. The predicted molar refractivity (Wildman–Crippen MR) is 187 cm³/mol. The van der Waals surface area contributed by atoms with Gasteiger partial charge in [-0.2, -0.15) is 0 Å². The number of anilines is 3. The predicted octanol–water partition coefficient (Wildman–Crippen LogP) is 7.49. The van der Waals surface area contributed by atoms with Crippen molar-refractivity contribution >= 4 is 45.4 Å². The fourth-order valence-corrected chi connectivity index (χ4v) is 5.53. The Hall–Kier alpha value is -4.37. The number of methoxy groups -OCH3 is 1. The van der Waals surface area contributed by atoms with Crippen LogP contribution < -0.4 is 20.3 Å². The zero-order valence-electron chi connectivity index (χ0n) is 27.5. The lowest BCUT2D eigenvalue weighted by Crippen LogP contribution is -2.31. The first kappa shape index (κ1) is 33.5. The van der Waals surface area contributed by atoms with E-state index < -0.39 is 5.83 Å². The van der Waals surface area contributed by atoms with Crippen molar-refractivity contribution in [3.63, 3.8) is 0 Å². The van der Waals surface area contributed by atoms with Gasteiger partial charge in [-0.25, -0.2) is 9.38 Å². The molecule has 0 fully saturated rings. The maximum atomic E-state index is 15.7. The second-order valence-electron chi connectivity index (χ2n) is 11.6. The van der Waals surface area contributed by atoms with Crippen LogP contribution in [0.15, 0.2) is 72.7 Å². The van der Waals surface area contributed by atoms with Gasteiger partial charge in [0.2, 0.25) is 5.91 Å². The van der Waals surface area contributed by atoms with E-state index in [4.69, 9.17) is 9.73 Å². The summed E-state index contributed by atoms with van der Waals surface area (Å²) in [5, 5.41) is 7.38. The summed E-state index contributed by atoms with van der Waals surface area (Å²) in [5.41, 5.74) is 5.34. The van der Waals surface area contributed by atoms with Gasteiger partial charge in [-0.1, -0.05) is 52.1 Å². The Balaban J connectivity index is 1.83. The van der Waals surface area contributed by atoms with E-state index in [-0.39, 0.29) is 17.5 Å². The highest BCUT2D eigenvalue weighted by Gasteiger charge is 2.23. The van der Waals surface area contributed by atoms with E-state index in [1.165, 1.54) is 17.7 Å². The van der Waals surface area contributed by atoms with Crippen LogP contribution in [0.1, 0.15) is 44.7 Å². The Morgan fingerprint density at radius 2 is 1.93 bits per heavy atom. The van der Waals surface area contributed by atoms with Gasteiger partial charge in [0.25, 0.3) is 0 Å². The van der Waals surface area contributed by atoms with Gasteiger partial charge in [0.1, 0.15) is 23.1 Å². The van der Waals surface area contributed by atoms with Gasteiger partial charge >= 0.3 is 0 Å². The van der Waals surface area contributed by atoms with Crippen molar-refractivity contribution in [2.45, 2.75) is 46.6 Å². The number of aryl methyl sites for hydroxylation is 2. The number of para-hydroxylation sites is 1. The highest BCUT2D eigenvalue weighted by Crippen LogP contribution is 2.39. The van der Waals surface area contributed by atoms with Crippen LogP contribution in [0.4, 0.5) is 21.5 Å². The second-order valence-corrected chi connectivity index (χ2v) is 11.6. The molecule has 9 heteroatoms. The molecule has 1 amide bonds. The first-order chi connectivity index (χ1) is 21.6. The molecule has 1 aliphatic heterocycles. The molecular formula is C36H47FN6O2. The fraction of sp³-hybridized carbons (Fsp3) is 0.389. The smallest absolute Gasteiger partial charge is 0.247 e. The third-order valence-electron chi connectivity index (χ3n) is 8.59. The van der Waals surface area contributed by atoms with Crippen molar-refractivity contribution in [2.75, 3.05) is 56.4 Å². The van der Waals surface area contributed by atoms with E-state index in [9.17, 15) is 4.79 Å². The second kappa shape index (κ2) is 15.1. The molecule has 0 saturated carbocycles. The standard InChI is InChI=1S/C36H47FN6O2/c1-9-24(5)36(40-34(28(37)10-2)27-23-43-18-14-16-25-15-13-17-26(27)35(25)43)39-30-21-29(38-33(44)11-3)31(22-32(30)45-8)42(7)20-19-41(6)12-4/h10-11,13,15,17,21-24H,2-3,9,12,14,16,18-20H2,1,4-8H3,(H,38,44)(H,39,40)/b34-28+. The minimum Gasteiger partial charge on any atom is -0.494 e. The monoisotopic (exact) mass is 614 g/mol. The summed E-state index contributed by atoms with van der Waals surface area (Å²) in [6, 6.07) is 9.93. The molecule has 0 radical (unpaired) electrons. The van der Waals surface area contributed by atoms with Gasteiger partial charge in [0, 0.05) is 55.8 Å². The number of nitrogens with zero attached hydrogens (tertiary/aromatic N) is 4. The summed E-state index contributed by atoms with van der Waals surface area (Å²) >= 11 is 0. The lowest BCUT2D eigenvalue weighted by atomic mass is 10.0. The minimum atomic E-state index is -0.499. The van der Waals surface area contributed by atoms with Crippen LogP contribution >= 0.6 is 0 Å². The van der Waals surface area contributed by atoms with Crippen LogP contribution in [0.5, 0.6) is 5.75 Å². The fourth-order valence-electron chi connectivity index (χ4n) is 5.53. The number of hydrogen-bond acceptors (Lipinski definition) is 5. The van der Waals surface area contributed by atoms with Crippen LogP contribution in [0.3, 0.4) is 0 Å². The maximum absolute atomic E-state index is 15.7. The minimum absolute atomic E-state index is 0.0555. The van der Waals surface area contributed by atoms with E-state index in [2.05, 4.69) is 65.1 Å². The molecule has 2 aromatic carbocycles. The summed E-state index contributed by atoms with van der Waals surface area (Å²) in [7, 11) is 5.66. The molecule has 8 nitrogen and oxygen atoms in total. The molecule has 45 heavy (non-hydrogen) atoms. The Bertz CT molecular complexity index is 1620. The molecule has 0 bridgehead atoms. The number of likely N-dealkylation sites (N-methyl/N-ethyl adjacent to an activating group) is 2. The molecule has 240 valence electrons. The number of amides is 1. The zero-order valence-corrected chi connectivity index (χ0v) is 27.5. The van der Waals surface area contributed by atoms with Crippen LogP contribution in [-0.2, 0) is 17.8 Å². The van der Waals surface area contributed by atoms with Crippen molar-refractivity contribution in [3.8, 4) is 5.75 Å². The Morgan fingerprint density at radius 3 is 2.60 bits per heavy atom. The van der Waals surface area contributed by atoms with E-state index in [0.29, 0.717) is 23.0 Å². The van der Waals surface area contributed by atoms with Crippen molar-refractivity contribution in [3.05, 3.63) is 78.8 Å². The number of rotatable bonds is 14. The average Bonchev–Trinajstić information content (AvgIpc) is 3.44. The van der Waals surface area contributed by atoms with Crippen LogP contribution in [0.25, 0.3) is 16.6 Å². The lowest BCUT2D eigenvalue weighted by molar-refractivity contribution is -0.111. The molecule has 0 spiro atoms. The molecule has 0 saturated heterocycles. The van der Waals surface area contributed by atoms with E-state index in [1.807, 2.05) is 44.4 Å². The molecule has 2 heterocycles. The van der Waals surface area contributed by atoms with Gasteiger partial charge in [0.15, 0.2) is 0 Å². The number of hydrogen-bond donors (Lipinski definition) is 2. The average molecular weight is 615 g/mol. The molecule has 1 aromatic heterocycles. The zero-order chi connectivity index (χ0) is 32.7. The van der Waals surface area contributed by atoms with Crippen molar-refractivity contribution < 1.29 is 13.9 Å². The number of benzene rings is 2. The Kier molecular flexibility index (Phi) is 11.2. The van der Waals surface area contributed by atoms with Crippen LogP contribution in [0, 0.1) is 5.92 Å². The number of halogens is 1. The number of carbonyl (C=O) groups is 1. The van der Waals surface area contributed by atoms with Gasteiger partial charge in [0.05, 0.1) is 29.7 Å². The van der Waals surface area contributed by atoms with E-state index >= 15 is 4.39 Å². The molecule has 4 rings (SSSR count). The maximum Gasteiger partial charge on any atom is 0.247 e. The number of aliphatic imine (C=N–C) groups is 1. The lowest BCUT2D eigenvalue weighted by Gasteiger charge is -2.27. The number of ether oxygens (including phenoxy) is 1. The molecule has 1 unspecified atom stereocenters. The van der Waals surface area contributed by atoms with Gasteiger partial charge in [-0.3, -0.25) is 4.79 Å². The molecule has 1 aliphatic rings. The largest absolute Gasteiger partial charge is 0.494 e.